The Morgan fingerprint density at radius 2 is 1.74 bits per heavy atom. The smallest absolute Gasteiger partial charge is 0.225 e. The third-order valence-corrected chi connectivity index (χ3v) is 4.65. The molecular weight excluding hydrogens is 259 g/mol. The standard InChI is InChI=1S/C13H23N4OP/c1-12-10-14-13(15-11-12)17-6-4-16(5-7-17)8-9-19(2,3)18/h10-11H,4-9H2,1-3H3. The molecule has 0 N–H and O–H groups in total. The second kappa shape index (κ2) is 6.02. The topological polar surface area (TPSA) is 49.3 Å². The highest BCUT2D eigenvalue weighted by Crippen LogP contribution is 2.35. The van der Waals surface area contributed by atoms with Crippen LogP contribution in [0.25, 0.3) is 0 Å². The van der Waals surface area contributed by atoms with Gasteiger partial charge in [0.05, 0.1) is 7.14 Å². The Hall–Kier alpha value is -0.930. The summed E-state index contributed by atoms with van der Waals surface area (Å²) < 4.78 is 11.7. The van der Waals surface area contributed by atoms with Crippen LogP contribution in [0.5, 0.6) is 0 Å². The molecule has 0 amide bonds. The Morgan fingerprint density at radius 3 is 2.26 bits per heavy atom. The first kappa shape index (κ1) is 14.5. The summed E-state index contributed by atoms with van der Waals surface area (Å²) >= 11 is 0. The highest BCUT2D eigenvalue weighted by molar-refractivity contribution is 7.62. The minimum atomic E-state index is -1.89. The van der Waals surface area contributed by atoms with Crippen LogP contribution in [-0.2, 0) is 4.57 Å². The lowest BCUT2D eigenvalue weighted by atomic mass is 10.3. The summed E-state index contributed by atoms with van der Waals surface area (Å²) in [6.07, 6.45) is 4.53. The van der Waals surface area contributed by atoms with E-state index in [2.05, 4.69) is 19.8 Å². The number of hydrogen-bond acceptors (Lipinski definition) is 5. The quantitative estimate of drug-likeness (QED) is 0.784. The van der Waals surface area contributed by atoms with Crippen molar-refractivity contribution in [1.29, 1.82) is 0 Å². The van der Waals surface area contributed by atoms with Crippen molar-refractivity contribution >= 4 is 13.1 Å². The van der Waals surface area contributed by atoms with E-state index in [1.54, 1.807) is 0 Å². The van der Waals surface area contributed by atoms with Crippen LogP contribution in [0.1, 0.15) is 5.56 Å². The van der Waals surface area contributed by atoms with Gasteiger partial charge in [0, 0.05) is 51.3 Å². The van der Waals surface area contributed by atoms with Crippen molar-refractivity contribution in [3.8, 4) is 0 Å². The van der Waals surface area contributed by atoms with Gasteiger partial charge >= 0.3 is 0 Å². The molecule has 1 aliphatic heterocycles. The molecule has 0 radical (unpaired) electrons. The van der Waals surface area contributed by atoms with Crippen LogP contribution in [0.15, 0.2) is 12.4 Å². The molecule has 6 heteroatoms. The summed E-state index contributed by atoms with van der Waals surface area (Å²) in [5.74, 6) is 0.821. The van der Waals surface area contributed by atoms with Gasteiger partial charge in [-0.1, -0.05) is 0 Å². The fourth-order valence-corrected chi connectivity index (χ4v) is 2.87. The lowest BCUT2D eigenvalue weighted by molar-refractivity contribution is 0.270. The van der Waals surface area contributed by atoms with E-state index < -0.39 is 7.14 Å². The molecule has 2 heterocycles. The summed E-state index contributed by atoms with van der Waals surface area (Å²) in [5.41, 5.74) is 1.09. The van der Waals surface area contributed by atoms with E-state index >= 15 is 0 Å². The number of piperazine rings is 1. The molecule has 0 aliphatic carbocycles. The van der Waals surface area contributed by atoms with Crippen LogP contribution < -0.4 is 4.90 Å². The second-order valence-electron chi connectivity index (χ2n) is 5.69. The third kappa shape index (κ3) is 4.59. The number of nitrogens with zero attached hydrogens (tertiary/aromatic N) is 4. The molecule has 1 aromatic heterocycles. The van der Waals surface area contributed by atoms with Gasteiger partial charge in [-0.25, -0.2) is 9.97 Å². The Labute approximate surface area is 115 Å². The molecule has 2 rings (SSSR count). The average Bonchev–Trinajstić information content (AvgIpc) is 2.37. The van der Waals surface area contributed by atoms with Crippen LogP contribution in [0.3, 0.4) is 0 Å². The summed E-state index contributed by atoms with van der Waals surface area (Å²) in [4.78, 5) is 13.3. The Bertz CT molecular complexity index is 448. The van der Waals surface area contributed by atoms with Crippen molar-refractivity contribution in [2.75, 3.05) is 57.1 Å². The van der Waals surface area contributed by atoms with Gasteiger partial charge in [0.15, 0.2) is 0 Å². The Balaban J connectivity index is 1.82. The number of hydrogen-bond donors (Lipinski definition) is 0. The first-order chi connectivity index (χ1) is 8.94. The number of rotatable bonds is 4. The first-order valence-electron chi connectivity index (χ1n) is 6.74. The summed E-state index contributed by atoms with van der Waals surface area (Å²) in [7, 11) is -1.89. The minimum Gasteiger partial charge on any atom is -0.338 e. The van der Waals surface area contributed by atoms with Gasteiger partial charge in [-0.15, -0.1) is 0 Å². The lowest BCUT2D eigenvalue weighted by Gasteiger charge is -2.34. The van der Waals surface area contributed by atoms with Crippen molar-refractivity contribution in [3.63, 3.8) is 0 Å². The molecule has 0 spiro atoms. The van der Waals surface area contributed by atoms with E-state index in [-0.39, 0.29) is 0 Å². The summed E-state index contributed by atoms with van der Waals surface area (Å²) in [6.45, 7) is 10.5. The van der Waals surface area contributed by atoms with E-state index in [0.717, 1.165) is 50.4 Å². The molecule has 0 unspecified atom stereocenters. The average molecular weight is 282 g/mol. The fourth-order valence-electron chi connectivity index (χ4n) is 2.10. The van der Waals surface area contributed by atoms with E-state index in [1.807, 2.05) is 32.6 Å². The maximum atomic E-state index is 11.7. The monoisotopic (exact) mass is 282 g/mol. The van der Waals surface area contributed by atoms with Crippen molar-refractivity contribution in [1.82, 2.24) is 14.9 Å². The van der Waals surface area contributed by atoms with E-state index in [9.17, 15) is 4.57 Å². The van der Waals surface area contributed by atoms with Crippen molar-refractivity contribution in [3.05, 3.63) is 18.0 Å². The van der Waals surface area contributed by atoms with Crippen LogP contribution in [0.4, 0.5) is 5.95 Å². The molecule has 0 atom stereocenters. The van der Waals surface area contributed by atoms with Gasteiger partial charge in [0.1, 0.15) is 0 Å². The SMILES string of the molecule is Cc1cnc(N2CCN(CCP(C)(C)=O)CC2)nc1. The maximum Gasteiger partial charge on any atom is 0.225 e. The predicted molar refractivity (Wildman–Crippen MR) is 79.7 cm³/mol. The van der Waals surface area contributed by atoms with E-state index in [1.165, 1.54) is 0 Å². The highest BCUT2D eigenvalue weighted by Gasteiger charge is 2.19. The molecule has 5 nitrogen and oxygen atoms in total. The molecule has 0 saturated carbocycles. The van der Waals surface area contributed by atoms with E-state index in [4.69, 9.17) is 0 Å². The van der Waals surface area contributed by atoms with Crippen LogP contribution >= 0.6 is 7.14 Å². The van der Waals surface area contributed by atoms with Crippen molar-refractivity contribution < 1.29 is 4.57 Å². The molecule has 1 fully saturated rings. The van der Waals surface area contributed by atoms with Crippen molar-refractivity contribution in [2.45, 2.75) is 6.92 Å². The molecule has 1 aliphatic rings. The van der Waals surface area contributed by atoms with Gasteiger partial charge < -0.3 is 9.46 Å². The Morgan fingerprint density at radius 1 is 1.16 bits per heavy atom. The number of aromatic nitrogens is 2. The molecule has 106 valence electrons. The molecule has 0 bridgehead atoms. The third-order valence-electron chi connectivity index (χ3n) is 3.38. The van der Waals surface area contributed by atoms with Gasteiger partial charge in [-0.3, -0.25) is 4.90 Å². The summed E-state index contributed by atoms with van der Waals surface area (Å²) in [6, 6.07) is 0. The fraction of sp³-hybridized carbons (Fsp3) is 0.692. The second-order valence-corrected chi connectivity index (χ2v) is 9.28. The molecule has 0 aromatic carbocycles. The lowest BCUT2D eigenvalue weighted by Crippen LogP contribution is -2.47. The molecule has 1 saturated heterocycles. The van der Waals surface area contributed by atoms with Gasteiger partial charge in [0.2, 0.25) is 5.95 Å². The number of anilines is 1. The van der Waals surface area contributed by atoms with E-state index in [0.29, 0.717) is 0 Å². The Kier molecular flexibility index (Phi) is 4.58. The van der Waals surface area contributed by atoms with Crippen LogP contribution in [0.2, 0.25) is 0 Å². The first-order valence-corrected chi connectivity index (χ1v) is 9.53. The van der Waals surface area contributed by atoms with Crippen LogP contribution in [0, 0.1) is 6.92 Å². The zero-order valence-electron chi connectivity index (χ0n) is 12.0. The largest absolute Gasteiger partial charge is 0.338 e. The summed E-state index contributed by atoms with van der Waals surface area (Å²) in [5, 5.41) is 0. The van der Waals surface area contributed by atoms with Gasteiger partial charge in [0.25, 0.3) is 0 Å². The highest BCUT2D eigenvalue weighted by atomic mass is 31.2. The zero-order valence-corrected chi connectivity index (χ0v) is 12.9. The molecular formula is C13H23N4OP. The maximum absolute atomic E-state index is 11.7. The van der Waals surface area contributed by atoms with Gasteiger partial charge in [-0.05, 0) is 25.8 Å². The zero-order chi connectivity index (χ0) is 13.9. The van der Waals surface area contributed by atoms with Crippen LogP contribution in [-0.4, -0.2) is 67.1 Å². The van der Waals surface area contributed by atoms with Crippen molar-refractivity contribution in [2.24, 2.45) is 0 Å². The number of aryl methyl sites for hydroxylation is 1. The molecule has 19 heavy (non-hydrogen) atoms. The minimum absolute atomic E-state index is 0.814. The molecule has 1 aromatic rings. The van der Waals surface area contributed by atoms with Gasteiger partial charge in [-0.2, -0.15) is 0 Å². The normalized spacial score (nSPS) is 17.7. The predicted octanol–water partition coefficient (Wildman–Crippen LogP) is 1.53.